The van der Waals surface area contributed by atoms with Crippen molar-refractivity contribution >= 4 is 33.3 Å². The molecule has 2 unspecified atom stereocenters. The van der Waals surface area contributed by atoms with E-state index < -0.39 is 15.2 Å². The minimum Gasteiger partial charge on any atom is -0.344 e. The molecule has 1 rings (SSSR count). The summed E-state index contributed by atoms with van der Waals surface area (Å²) >= 11 is 0. The molecule has 1 N–H and O–H groups in total. The average Bonchev–Trinajstić information content (AvgIpc) is 2.89. The predicted octanol–water partition coefficient (Wildman–Crippen LogP) is 3.40. The molecule has 1 fully saturated rings. The van der Waals surface area contributed by atoms with Gasteiger partial charge in [0.05, 0.1) is 18.1 Å². The van der Waals surface area contributed by atoms with Crippen LogP contribution in [0.1, 0.15) is 75.7 Å². The van der Waals surface area contributed by atoms with E-state index in [-0.39, 0.29) is 23.8 Å². The molecule has 0 aromatic carbocycles. The summed E-state index contributed by atoms with van der Waals surface area (Å²) in [5, 5.41) is 0. The Balaban J connectivity index is -0.000000569. The normalized spacial score (nSPS) is 15.9. The fourth-order valence-electron chi connectivity index (χ4n) is 4.39. The van der Waals surface area contributed by atoms with Crippen LogP contribution in [0, 0.1) is 23.7 Å². The highest BCUT2D eigenvalue weighted by Crippen LogP contribution is 2.17. The van der Waals surface area contributed by atoms with E-state index in [9.17, 15) is 18.6 Å². The van der Waals surface area contributed by atoms with Crippen LogP contribution in [-0.4, -0.2) is 171 Å². The summed E-state index contributed by atoms with van der Waals surface area (Å²) in [6.07, 6.45) is 2.63. The lowest BCUT2D eigenvalue weighted by Crippen LogP contribution is -2.54. The molecule has 0 aromatic heterocycles. The van der Waals surface area contributed by atoms with Crippen molar-refractivity contribution in [3.05, 3.63) is 0 Å². The third-order valence-corrected chi connectivity index (χ3v) is 8.31. The van der Waals surface area contributed by atoms with Crippen molar-refractivity contribution < 1.29 is 18.6 Å². The van der Waals surface area contributed by atoms with Gasteiger partial charge in [-0.2, -0.15) is 0 Å². The molecule has 0 spiro atoms. The molecule has 1 aliphatic heterocycles. The lowest BCUT2D eigenvalue weighted by Gasteiger charge is -2.39. The Bertz CT molecular complexity index is 1010. The third-order valence-electron chi connectivity index (χ3n) is 7.53. The smallest absolute Gasteiger partial charge is 0.242 e. The van der Waals surface area contributed by atoms with Gasteiger partial charge in [0.15, 0.2) is 0 Å². The van der Waals surface area contributed by atoms with Crippen molar-refractivity contribution in [1.82, 2.24) is 34.1 Å². The summed E-state index contributed by atoms with van der Waals surface area (Å²) in [7, 11) is 13.3. The van der Waals surface area contributed by atoms with Crippen molar-refractivity contribution in [3.8, 4) is 0 Å². The molecule has 0 radical (unpaired) electrons. The largest absolute Gasteiger partial charge is 0.344 e. The maximum Gasteiger partial charge on any atom is 0.242 e. The van der Waals surface area contributed by atoms with Crippen LogP contribution < -0.4 is 4.72 Å². The molecule has 3 amide bonds. The number of nitrogens with zero attached hydrogens (tertiary/aromatic N) is 6. The number of amides is 3. The first-order chi connectivity index (χ1) is 21.6. The fourth-order valence-corrected chi connectivity index (χ4v) is 5.08. The molecule has 1 aliphatic rings. The Morgan fingerprint density at radius 2 is 1.21 bits per heavy atom. The lowest BCUT2D eigenvalue weighted by molar-refractivity contribution is -0.140. The third kappa shape index (κ3) is 25.3. The number of hydrogen-bond donors (Lipinski definition) is 1. The molecule has 0 aromatic rings. The Morgan fingerprint density at radius 1 is 0.792 bits per heavy atom. The Kier molecular flexibility index (Phi) is 25.8. The van der Waals surface area contributed by atoms with Crippen LogP contribution in [0.25, 0.3) is 0 Å². The van der Waals surface area contributed by atoms with Gasteiger partial charge in [0, 0.05) is 69.8 Å². The van der Waals surface area contributed by atoms with E-state index in [1.54, 1.807) is 11.2 Å². The zero-order chi connectivity index (χ0) is 38.7. The van der Waals surface area contributed by atoms with E-state index in [0.717, 1.165) is 39.1 Å². The number of hydrogen-bond acceptors (Lipinski definition) is 7. The number of likely N-dealkylation sites (tertiary alicyclic amines) is 1. The quantitative estimate of drug-likeness (QED) is 0.277. The summed E-state index contributed by atoms with van der Waals surface area (Å²) < 4.78 is 13.7. The summed E-state index contributed by atoms with van der Waals surface area (Å²) in [6.45, 7) is 25.6. The highest BCUT2D eigenvalue weighted by molar-refractivity contribution is 7.97. The van der Waals surface area contributed by atoms with Crippen LogP contribution in [-0.2, 0) is 24.1 Å². The molecule has 1 heterocycles. The highest BCUT2D eigenvalue weighted by atomic mass is 32.2. The summed E-state index contributed by atoms with van der Waals surface area (Å²) in [5.74, 6) is 6.25. The van der Waals surface area contributed by atoms with E-state index >= 15 is 0 Å². The maximum absolute atomic E-state index is 12.0. The van der Waals surface area contributed by atoms with Gasteiger partial charge in [0.1, 0.15) is 0 Å². The van der Waals surface area contributed by atoms with Gasteiger partial charge in [-0.1, -0.05) is 55.4 Å². The maximum atomic E-state index is 12.0. The fraction of sp³-hybridized carbons (Fsp3) is 0.889. The topological polar surface area (TPSA) is 99.7 Å². The number of likely N-dealkylation sites (N-methyl/N-ethyl adjacent to an activating group) is 6. The molecule has 0 aliphatic carbocycles. The van der Waals surface area contributed by atoms with Crippen LogP contribution >= 0.6 is 0 Å². The van der Waals surface area contributed by atoms with Crippen LogP contribution in [0.4, 0.5) is 0 Å². The van der Waals surface area contributed by atoms with Crippen LogP contribution in [0.2, 0.25) is 0 Å². The SMILES string of the molecule is C=S(C)(=O)NCC(C)C.CC(C)CN(C)C(=O)C(C)(C)N(C)C.CC(C)CN(C)C(=O)C1CCN1C.CC(C)CN(C)C(=O)CN(C)C. The molecule has 12 heteroatoms. The molecule has 1 saturated heterocycles. The van der Waals surface area contributed by atoms with Crippen molar-refractivity contribution in [1.29, 1.82) is 0 Å². The molecule has 11 nitrogen and oxygen atoms in total. The van der Waals surface area contributed by atoms with Crippen LogP contribution in [0.5, 0.6) is 0 Å². The predicted molar refractivity (Wildman–Crippen MR) is 209 cm³/mol. The van der Waals surface area contributed by atoms with Gasteiger partial charge in [0.25, 0.3) is 0 Å². The lowest BCUT2D eigenvalue weighted by atomic mass is 10.0. The summed E-state index contributed by atoms with van der Waals surface area (Å²) in [5.41, 5.74) is -0.413. The second-order valence-electron chi connectivity index (χ2n) is 16.1. The van der Waals surface area contributed by atoms with Gasteiger partial charge in [0.2, 0.25) is 17.7 Å². The highest BCUT2D eigenvalue weighted by Gasteiger charge is 2.33. The number of carbonyl (C=O) groups excluding carboxylic acids is 3. The standard InChI is InChI=1S/C11H24N2O.C10H20N2O.C9H20N2O.C6H15NOS/c1-9(2)8-13(7)10(14)11(3,4)12(5)6;1-8(2)7-12(4)10(13)9-5-6-11(9)3;1-8(2)6-11(5)9(12)7-10(3)4;1-6(2)5-7-9(3,4)8/h9H,8H2,1-7H3;8-9H,5-7H2,1-4H3;8H,6-7H2,1-5H3;6H,3,5H2,1-2,4H3,(H,7,8). The van der Waals surface area contributed by atoms with E-state index in [0.29, 0.717) is 30.2 Å². The summed E-state index contributed by atoms with van der Waals surface area (Å²) in [4.78, 5) is 46.5. The van der Waals surface area contributed by atoms with Crippen molar-refractivity contribution in [2.45, 2.75) is 87.2 Å². The van der Waals surface area contributed by atoms with E-state index in [1.807, 2.05) is 89.8 Å². The minimum absolute atomic E-state index is 0.156. The second-order valence-corrected chi connectivity index (χ2v) is 18.4. The van der Waals surface area contributed by atoms with Crippen molar-refractivity contribution in [3.63, 3.8) is 0 Å². The van der Waals surface area contributed by atoms with E-state index in [4.69, 9.17) is 0 Å². The second kappa shape index (κ2) is 24.4. The van der Waals surface area contributed by atoms with Gasteiger partial charge >= 0.3 is 0 Å². The molecule has 0 saturated carbocycles. The van der Waals surface area contributed by atoms with Crippen molar-refractivity contribution in [2.24, 2.45) is 23.7 Å². The van der Waals surface area contributed by atoms with Gasteiger partial charge in [-0.15, -0.1) is 0 Å². The van der Waals surface area contributed by atoms with Gasteiger partial charge in [-0.05, 0) is 85.0 Å². The molecular weight excluding hydrogens is 627 g/mol. The summed E-state index contributed by atoms with van der Waals surface area (Å²) in [6, 6.07) is 0.156. The molecule has 0 bridgehead atoms. The number of carbonyl (C=O) groups is 3. The first-order valence-corrected chi connectivity index (χ1v) is 19.5. The first-order valence-electron chi connectivity index (χ1n) is 17.4. The average molecular weight is 706 g/mol. The number of rotatable bonds is 14. The van der Waals surface area contributed by atoms with E-state index in [1.165, 1.54) is 0 Å². The molecule has 288 valence electrons. The molecular formula is C36H79N7O4S. The van der Waals surface area contributed by atoms with Gasteiger partial charge in [-0.25, -0.2) is 4.72 Å². The minimum atomic E-state index is -1.97. The molecule has 48 heavy (non-hydrogen) atoms. The zero-order valence-electron chi connectivity index (χ0n) is 34.8. The monoisotopic (exact) mass is 706 g/mol. The molecule has 2 atom stereocenters. The Labute approximate surface area is 298 Å². The van der Waals surface area contributed by atoms with Gasteiger partial charge in [-0.3, -0.25) is 28.4 Å². The first kappa shape index (κ1) is 50.6. The zero-order valence-corrected chi connectivity index (χ0v) is 35.6. The Morgan fingerprint density at radius 3 is 1.48 bits per heavy atom. The Hall–Kier alpha value is -1.73. The van der Waals surface area contributed by atoms with Crippen molar-refractivity contribution in [2.75, 3.05) is 102 Å². The number of nitrogens with one attached hydrogen (secondary N) is 1. The van der Waals surface area contributed by atoms with Gasteiger partial charge < -0.3 is 19.6 Å². The van der Waals surface area contributed by atoms with E-state index in [2.05, 4.69) is 70.9 Å². The van der Waals surface area contributed by atoms with Crippen LogP contribution in [0.15, 0.2) is 0 Å². The van der Waals surface area contributed by atoms with Crippen LogP contribution in [0.3, 0.4) is 0 Å².